The molecule has 1 atom stereocenters. The van der Waals surface area contributed by atoms with E-state index in [-0.39, 0.29) is 17.2 Å². The van der Waals surface area contributed by atoms with Crippen molar-refractivity contribution in [3.8, 4) is 0 Å². The van der Waals surface area contributed by atoms with Crippen molar-refractivity contribution in [3.05, 3.63) is 73.7 Å². The highest BCUT2D eigenvalue weighted by Gasteiger charge is 2.41. The van der Waals surface area contributed by atoms with Crippen molar-refractivity contribution in [3.63, 3.8) is 0 Å². The van der Waals surface area contributed by atoms with Gasteiger partial charge in [0.05, 0.1) is 32.7 Å². The van der Waals surface area contributed by atoms with E-state index in [0.29, 0.717) is 12.1 Å². The summed E-state index contributed by atoms with van der Waals surface area (Å²) in [6, 6.07) is 2.54. The lowest BCUT2D eigenvalue weighted by atomic mass is 9.95. The third-order valence-electron chi connectivity index (χ3n) is 4.77. The van der Waals surface area contributed by atoms with E-state index in [1.54, 1.807) is 5.32 Å². The molecule has 1 unspecified atom stereocenters. The Morgan fingerprint density at radius 3 is 1.92 bits per heavy atom. The molecule has 0 radical (unpaired) electrons. The van der Waals surface area contributed by atoms with E-state index in [2.05, 4.69) is 0 Å². The topological polar surface area (TPSA) is 58.2 Å². The molecule has 0 saturated carbocycles. The molecule has 0 aliphatic carbocycles. The van der Waals surface area contributed by atoms with E-state index < -0.39 is 87.5 Å². The van der Waals surface area contributed by atoms with Crippen molar-refractivity contribution in [1.82, 2.24) is 10.6 Å². The van der Waals surface area contributed by atoms with Crippen LogP contribution in [0.5, 0.6) is 0 Å². The maximum absolute atomic E-state index is 14.9. The summed E-state index contributed by atoms with van der Waals surface area (Å²) in [5.41, 5.74) is -4.64. The lowest BCUT2D eigenvalue weighted by Crippen LogP contribution is -2.41. The van der Waals surface area contributed by atoms with E-state index in [1.165, 1.54) is 5.32 Å². The highest BCUT2D eigenvalue weighted by atomic mass is 35.5. The summed E-state index contributed by atoms with van der Waals surface area (Å²) < 4.78 is 133. The lowest BCUT2D eigenvalue weighted by molar-refractivity contribution is -0.140. The number of halogens is 13. The van der Waals surface area contributed by atoms with Gasteiger partial charge in [0.1, 0.15) is 18.3 Å². The van der Waals surface area contributed by atoms with Gasteiger partial charge in [-0.3, -0.25) is 9.59 Å². The molecule has 0 fully saturated rings. The maximum Gasteiger partial charge on any atom is 0.417 e. The van der Waals surface area contributed by atoms with Gasteiger partial charge in [-0.1, -0.05) is 40.9 Å². The van der Waals surface area contributed by atoms with Crippen LogP contribution in [0.3, 0.4) is 0 Å². The molecule has 2 aromatic rings. The zero-order chi connectivity index (χ0) is 29.9. The zero-order valence-electron chi connectivity index (χ0n) is 18.7. The van der Waals surface area contributed by atoms with Crippen LogP contribution in [0.2, 0.25) is 15.1 Å². The standard InChI is InChI=1S/C22H13Cl3F10N2O2/c23-14-4-10(5-15(24)18(14)25)12(21(30,31)32)6-16(26)9-1-2-11(13(3-9)22(33,34)35)19(39)36-7-17(38)37-8-20(27,28)29/h1-6,12H,7-8H2,(H,36,39)(H,37,38)/b16-6-. The molecule has 2 N–H and O–H groups in total. The third kappa shape index (κ3) is 9.17. The summed E-state index contributed by atoms with van der Waals surface area (Å²) in [5, 5.41) is 1.97. The van der Waals surface area contributed by atoms with Gasteiger partial charge in [0.2, 0.25) is 5.91 Å². The summed E-state index contributed by atoms with van der Waals surface area (Å²) in [6.45, 7) is -2.90. The Labute approximate surface area is 227 Å². The number of alkyl halides is 9. The molecule has 0 aromatic heterocycles. The first kappa shape index (κ1) is 32.5. The minimum Gasteiger partial charge on any atom is -0.345 e. The smallest absolute Gasteiger partial charge is 0.345 e. The molecule has 0 spiro atoms. The third-order valence-corrected chi connectivity index (χ3v) is 5.97. The van der Waals surface area contributed by atoms with Gasteiger partial charge in [-0.25, -0.2) is 4.39 Å². The normalized spacial score (nSPS) is 13.7. The largest absolute Gasteiger partial charge is 0.417 e. The molecular formula is C22H13Cl3F10N2O2. The minimum atomic E-state index is -5.33. The van der Waals surface area contributed by atoms with Gasteiger partial charge in [0.15, 0.2) is 0 Å². The van der Waals surface area contributed by atoms with Crippen molar-refractivity contribution >= 4 is 52.4 Å². The van der Waals surface area contributed by atoms with E-state index in [9.17, 15) is 53.5 Å². The number of carbonyl (C=O) groups is 2. The number of amides is 2. The van der Waals surface area contributed by atoms with E-state index >= 15 is 0 Å². The van der Waals surface area contributed by atoms with Gasteiger partial charge in [-0.05, 0) is 35.9 Å². The lowest BCUT2D eigenvalue weighted by Gasteiger charge is -2.19. The molecule has 0 bridgehead atoms. The molecule has 0 heterocycles. The highest BCUT2D eigenvalue weighted by Crippen LogP contribution is 2.42. The first-order valence-electron chi connectivity index (χ1n) is 10.1. The Hall–Kier alpha value is -2.71. The number of hydrogen-bond acceptors (Lipinski definition) is 2. The van der Waals surface area contributed by atoms with E-state index in [1.807, 2.05) is 0 Å². The van der Waals surface area contributed by atoms with Gasteiger partial charge >= 0.3 is 18.5 Å². The van der Waals surface area contributed by atoms with Crippen LogP contribution in [0.15, 0.2) is 36.4 Å². The zero-order valence-corrected chi connectivity index (χ0v) is 21.0. The number of nitrogens with one attached hydrogen (secondary N) is 2. The molecular weight excluding hydrogens is 621 g/mol. The second kappa shape index (κ2) is 12.2. The summed E-state index contributed by atoms with van der Waals surface area (Å²) in [5.74, 6) is -7.43. The SMILES string of the molecule is O=C(CNC(=O)c1ccc(/C(F)=C/C(c2cc(Cl)c(Cl)c(Cl)c2)C(F)(F)F)cc1C(F)(F)F)NCC(F)(F)F. The molecule has 4 nitrogen and oxygen atoms in total. The van der Waals surface area contributed by atoms with E-state index in [4.69, 9.17) is 34.8 Å². The maximum atomic E-state index is 14.9. The molecule has 2 aromatic carbocycles. The molecule has 17 heteroatoms. The van der Waals surface area contributed by atoms with Crippen LogP contribution in [0, 0.1) is 0 Å². The highest BCUT2D eigenvalue weighted by molar-refractivity contribution is 6.48. The predicted molar refractivity (Wildman–Crippen MR) is 122 cm³/mol. The van der Waals surface area contributed by atoms with Crippen molar-refractivity contribution < 1.29 is 53.5 Å². The van der Waals surface area contributed by atoms with Gasteiger partial charge in [0.25, 0.3) is 5.91 Å². The van der Waals surface area contributed by atoms with Crippen molar-refractivity contribution in [2.24, 2.45) is 0 Å². The van der Waals surface area contributed by atoms with Crippen LogP contribution in [-0.2, 0) is 11.0 Å². The summed E-state index contributed by atoms with van der Waals surface area (Å²) >= 11 is 17.2. The Kier molecular flexibility index (Phi) is 10.2. The molecule has 0 aliphatic rings. The Bertz CT molecular complexity index is 1250. The molecule has 0 saturated heterocycles. The van der Waals surface area contributed by atoms with Crippen LogP contribution in [0.25, 0.3) is 5.83 Å². The minimum absolute atomic E-state index is 0.0316. The fraction of sp³-hybridized carbons (Fsp3) is 0.273. The average molecular weight is 634 g/mol. The van der Waals surface area contributed by atoms with Crippen molar-refractivity contribution in [1.29, 1.82) is 0 Å². The second-order valence-electron chi connectivity index (χ2n) is 7.67. The quantitative estimate of drug-likeness (QED) is 0.242. The summed E-state index contributed by atoms with van der Waals surface area (Å²) in [6.07, 6.45) is -15.3. The number of allylic oxidation sites excluding steroid dienone is 1. The van der Waals surface area contributed by atoms with Gasteiger partial charge in [0, 0.05) is 5.56 Å². The predicted octanol–water partition coefficient (Wildman–Crippen LogP) is 7.73. The fourth-order valence-corrected chi connectivity index (χ4v) is 3.63. The van der Waals surface area contributed by atoms with E-state index in [0.717, 1.165) is 12.1 Å². The van der Waals surface area contributed by atoms with Crippen LogP contribution in [0.1, 0.15) is 33.0 Å². The monoisotopic (exact) mass is 632 g/mol. The Morgan fingerprint density at radius 2 is 1.44 bits per heavy atom. The summed E-state index contributed by atoms with van der Waals surface area (Å²) in [7, 11) is 0. The molecule has 39 heavy (non-hydrogen) atoms. The average Bonchev–Trinajstić information content (AvgIpc) is 2.80. The molecule has 0 aliphatic heterocycles. The number of benzene rings is 2. The van der Waals surface area contributed by atoms with Crippen molar-refractivity contribution in [2.45, 2.75) is 24.4 Å². The second-order valence-corrected chi connectivity index (χ2v) is 8.86. The first-order valence-corrected chi connectivity index (χ1v) is 11.3. The van der Waals surface area contributed by atoms with Crippen LogP contribution >= 0.6 is 34.8 Å². The van der Waals surface area contributed by atoms with Gasteiger partial charge in [-0.2, -0.15) is 39.5 Å². The summed E-state index contributed by atoms with van der Waals surface area (Å²) in [4.78, 5) is 23.6. The van der Waals surface area contributed by atoms with Crippen LogP contribution in [-0.4, -0.2) is 37.3 Å². The van der Waals surface area contributed by atoms with Gasteiger partial charge in [-0.15, -0.1) is 0 Å². The van der Waals surface area contributed by atoms with Crippen LogP contribution < -0.4 is 10.6 Å². The Balaban J connectivity index is 2.41. The number of carbonyl (C=O) groups excluding carboxylic acids is 2. The number of hydrogen-bond donors (Lipinski definition) is 2. The fourth-order valence-electron chi connectivity index (χ4n) is 3.02. The van der Waals surface area contributed by atoms with Crippen molar-refractivity contribution in [2.75, 3.05) is 13.1 Å². The molecule has 2 amide bonds. The molecule has 2 rings (SSSR count). The Morgan fingerprint density at radius 1 is 0.872 bits per heavy atom. The number of rotatable bonds is 7. The molecule has 214 valence electrons. The first-order chi connectivity index (χ1) is 17.7. The van der Waals surface area contributed by atoms with Crippen LogP contribution in [0.4, 0.5) is 43.9 Å². The van der Waals surface area contributed by atoms with Gasteiger partial charge < -0.3 is 10.6 Å².